The first-order valence-corrected chi connectivity index (χ1v) is 18.3. The van der Waals surface area contributed by atoms with E-state index in [0.29, 0.717) is 0 Å². The summed E-state index contributed by atoms with van der Waals surface area (Å²) in [5.41, 5.74) is -3.11. The number of rotatable bonds is 2. The van der Waals surface area contributed by atoms with Crippen LogP contribution in [0.2, 0.25) is 5.02 Å². The average Bonchev–Trinajstić information content (AvgIpc) is 3.58. The molecule has 270 valence electrons. The first-order chi connectivity index (χ1) is 30.6. The summed E-state index contributed by atoms with van der Waals surface area (Å²) in [6.07, 6.45) is 0. The number of hydrogen-bond acceptors (Lipinski definition) is 3. The first kappa shape index (κ1) is 22.7. The maximum Gasteiger partial charge on any atom is 0.297 e. The van der Waals surface area contributed by atoms with E-state index in [9.17, 15) is 19.2 Å². The lowest BCUT2D eigenvalue weighted by Gasteiger charge is -2.43. The van der Waals surface area contributed by atoms with Crippen LogP contribution in [-0.2, 0) is 21.7 Å². The molecular formula is C48H52BClN2O. The fourth-order valence-electron chi connectivity index (χ4n) is 6.83. The highest BCUT2D eigenvalue weighted by Gasteiger charge is 2.47. The number of furan rings is 1. The second kappa shape index (κ2) is 11.8. The smallest absolute Gasteiger partial charge is 0.297 e. The van der Waals surface area contributed by atoms with Gasteiger partial charge >= 0.3 is 0 Å². The summed E-state index contributed by atoms with van der Waals surface area (Å²) < 4.78 is 141. The van der Waals surface area contributed by atoms with Gasteiger partial charge in [0.2, 0.25) is 0 Å². The Morgan fingerprint density at radius 3 is 1.53 bits per heavy atom. The van der Waals surface area contributed by atoms with E-state index in [4.69, 9.17) is 16.0 Å². The van der Waals surface area contributed by atoms with Crippen LogP contribution in [0, 0.1) is 0 Å². The van der Waals surface area contributed by atoms with Crippen LogP contribution in [0.3, 0.4) is 0 Å². The molecule has 3 heterocycles. The third kappa shape index (κ3) is 5.89. The van der Waals surface area contributed by atoms with Crippen LogP contribution in [0.25, 0.3) is 11.0 Å². The molecule has 0 aliphatic carbocycles. The van der Waals surface area contributed by atoms with Crippen LogP contribution in [0.5, 0.6) is 0 Å². The van der Waals surface area contributed by atoms with E-state index in [1.54, 1.807) is 83.1 Å². The van der Waals surface area contributed by atoms with Gasteiger partial charge in [0.25, 0.3) is 6.71 Å². The van der Waals surface area contributed by atoms with Gasteiger partial charge in [-0.2, -0.15) is 0 Å². The number of hydrogen-bond donors (Lipinski definition) is 0. The van der Waals surface area contributed by atoms with Crippen molar-refractivity contribution in [1.29, 1.82) is 0 Å². The van der Waals surface area contributed by atoms with Gasteiger partial charge in [0, 0.05) is 38.8 Å². The Morgan fingerprint density at radius 2 is 1.00 bits per heavy atom. The molecule has 0 atom stereocenters. The maximum absolute atomic E-state index is 10.0. The van der Waals surface area contributed by atoms with Crippen molar-refractivity contribution in [3.05, 3.63) is 124 Å². The third-order valence-corrected chi connectivity index (χ3v) is 10.0. The number of anilines is 6. The summed E-state index contributed by atoms with van der Waals surface area (Å²) >= 11 is 7.17. The molecule has 6 aromatic rings. The molecular weight excluding hydrogens is 667 g/mol. The lowest BCUT2D eigenvalue weighted by Crippen LogP contribution is -2.61. The normalized spacial score (nSPS) is 18.1. The molecule has 8 rings (SSSR count). The van der Waals surface area contributed by atoms with E-state index in [1.165, 1.54) is 21.9 Å². The van der Waals surface area contributed by atoms with Gasteiger partial charge in [-0.15, -0.1) is 0 Å². The molecule has 0 saturated heterocycles. The Bertz CT molecular complexity index is 3150. The van der Waals surface area contributed by atoms with Crippen molar-refractivity contribution in [2.24, 2.45) is 0 Å². The fourth-order valence-corrected chi connectivity index (χ4v) is 7.03. The van der Waals surface area contributed by atoms with Gasteiger partial charge in [0.05, 0.1) is 30.5 Å². The lowest BCUT2D eigenvalue weighted by atomic mass is 9.35. The standard InChI is InChI=1S/C48H52BClN2O/c1-45(2,3)29-13-19-34(20-14-29)51-38-25-31(47(7,8)9)18-24-37(38)49-42-39(51)27-33(50)28-40(42)52(35-21-15-30(16-22-35)46(4,5)6)43-36-23-17-32(48(10,11)12)26-41(36)53-44(43)49/h13-28H,1-12H3/i13D,14D,15D,16D,17D,18D,19D,20D,21D,22D,23D,24D,25D,26D. The molecule has 0 fully saturated rings. The van der Waals surface area contributed by atoms with E-state index >= 15 is 0 Å². The molecule has 0 radical (unpaired) electrons. The SMILES string of the molecule is [2H]c1c([2H])c(C(C)(C)C)c([2H])c2c1B1c3oc4c([2H])c(C(C)(C)C)c([2H])c([2H])c4c3N(c3c([2H])c([2H])c(C(C)(C)C)c([2H])c3[2H])c3cc(Cl)cc(c31)N2c1c([2H])c([2H])c(C(C)(C)C)c([2H])c1[2H]. The molecule has 1 aromatic heterocycles. The van der Waals surface area contributed by atoms with Crippen LogP contribution >= 0.6 is 11.6 Å². The minimum absolute atomic E-state index is 0.00127. The largest absolute Gasteiger partial charge is 0.468 e. The highest BCUT2D eigenvalue weighted by molar-refractivity contribution is 7.00. The Hall–Kier alpha value is -4.41. The van der Waals surface area contributed by atoms with Gasteiger partial charge in [0.15, 0.2) is 0 Å². The second-order valence-electron chi connectivity index (χ2n) is 18.2. The van der Waals surface area contributed by atoms with Gasteiger partial charge in [0.1, 0.15) is 5.58 Å². The monoisotopic (exact) mass is 732 g/mol. The van der Waals surface area contributed by atoms with E-state index in [-0.39, 0.29) is 149 Å². The summed E-state index contributed by atoms with van der Waals surface area (Å²) in [6, 6.07) is -1.86. The molecule has 5 aromatic carbocycles. The molecule has 0 unspecified atom stereocenters. The fraction of sp³-hybridized carbons (Fsp3) is 0.333. The van der Waals surface area contributed by atoms with E-state index < -0.39 is 52.5 Å². The minimum atomic E-state index is -1.28. The zero-order valence-corrected chi connectivity index (χ0v) is 33.2. The van der Waals surface area contributed by atoms with Crippen molar-refractivity contribution >= 4 is 80.0 Å². The Morgan fingerprint density at radius 1 is 0.547 bits per heavy atom. The van der Waals surface area contributed by atoms with Gasteiger partial charge in [-0.3, -0.25) is 0 Å². The molecule has 3 nitrogen and oxygen atoms in total. The third-order valence-electron chi connectivity index (χ3n) is 9.82. The molecule has 2 aliphatic rings. The maximum atomic E-state index is 10.0. The number of fused-ring (bicyclic) bond motifs is 6. The molecule has 2 aliphatic heterocycles. The number of nitrogens with zero attached hydrogens (tertiary/aromatic N) is 2. The van der Waals surface area contributed by atoms with E-state index in [0.717, 1.165) is 0 Å². The van der Waals surface area contributed by atoms with Crippen molar-refractivity contribution in [3.63, 3.8) is 0 Å². The molecule has 0 saturated carbocycles. The Labute approximate surface area is 341 Å². The van der Waals surface area contributed by atoms with Crippen LogP contribution in [-0.4, -0.2) is 6.71 Å². The molecule has 0 bridgehead atoms. The number of halogens is 1. The summed E-state index contributed by atoms with van der Waals surface area (Å²) in [7, 11) is 0. The highest BCUT2D eigenvalue weighted by Crippen LogP contribution is 2.48. The Kier molecular flexibility index (Phi) is 5.06. The summed E-state index contributed by atoms with van der Waals surface area (Å²) in [5.74, 6) is 0. The quantitative estimate of drug-likeness (QED) is 0.165. The van der Waals surface area contributed by atoms with E-state index in [1.807, 2.05) is 0 Å². The van der Waals surface area contributed by atoms with E-state index in [2.05, 4.69) is 0 Å². The molecule has 0 amide bonds. The van der Waals surface area contributed by atoms with Crippen LogP contribution in [0.4, 0.5) is 34.1 Å². The summed E-state index contributed by atoms with van der Waals surface area (Å²) in [6.45, 7) is 20.2. The van der Waals surface area contributed by atoms with Crippen molar-refractivity contribution in [1.82, 2.24) is 0 Å². The zero-order chi connectivity index (χ0) is 50.2. The average molecular weight is 733 g/mol. The van der Waals surface area contributed by atoms with Crippen LogP contribution in [0.15, 0.2) is 101 Å². The molecule has 0 N–H and O–H groups in total. The van der Waals surface area contributed by atoms with Gasteiger partial charge in [-0.05, 0) is 109 Å². The van der Waals surface area contributed by atoms with Gasteiger partial charge < -0.3 is 14.2 Å². The first-order valence-electron chi connectivity index (χ1n) is 25.0. The van der Waals surface area contributed by atoms with Crippen molar-refractivity contribution in [2.75, 3.05) is 9.80 Å². The lowest BCUT2D eigenvalue weighted by molar-refractivity contribution is 0.587. The topological polar surface area (TPSA) is 19.6 Å². The van der Waals surface area contributed by atoms with Crippen molar-refractivity contribution in [3.8, 4) is 0 Å². The minimum Gasteiger partial charge on any atom is -0.468 e. The molecule has 53 heavy (non-hydrogen) atoms. The Balaban J connectivity index is 1.68. The summed E-state index contributed by atoms with van der Waals surface area (Å²) in [4.78, 5) is 2.77. The van der Waals surface area contributed by atoms with Crippen LogP contribution < -0.4 is 26.4 Å². The zero-order valence-electron chi connectivity index (χ0n) is 46.4. The molecule has 5 heteroatoms. The molecule has 0 spiro atoms. The summed E-state index contributed by atoms with van der Waals surface area (Å²) in [5, 5.41) is -0.0297. The number of benzene rings is 5. The predicted octanol–water partition coefficient (Wildman–Crippen LogP) is 12.4. The predicted molar refractivity (Wildman–Crippen MR) is 230 cm³/mol. The van der Waals surface area contributed by atoms with Crippen molar-refractivity contribution < 1.29 is 23.6 Å². The van der Waals surface area contributed by atoms with Crippen LogP contribution in [0.1, 0.15) is 125 Å². The second-order valence-corrected chi connectivity index (χ2v) is 18.6. The van der Waals surface area contributed by atoms with Gasteiger partial charge in [-0.25, -0.2) is 0 Å². The van der Waals surface area contributed by atoms with Crippen molar-refractivity contribution in [2.45, 2.75) is 105 Å². The highest BCUT2D eigenvalue weighted by atomic mass is 35.5. The van der Waals surface area contributed by atoms with Gasteiger partial charge in [-0.1, -0.05) is 137 Å².